The summed E-state index contributed by atoms with van der Waals surface area (Å²) in [6.45, 7) is 5.73. The number of hydrogen-bond acceptors (Lipinski definition) is 4. The smallest absolute Gasteiger partial charge is 0.262 e. The van der Waals surface area contributed by atoms with E-state index in [-0.39, 0.29) is 17.2 Å². The van der Waals surface area contributed by atoms with Crippen LogP contribution in [0.5, 0.6) is 0 Å². The van der Waals surface area contributed by atoms with Crippen molar-refractivity contribution in [1.82, 2.24) is 9.55 Å². The summed E-state index contributed by atoms with van der Waals surface area (Å²) in [6, 6.07) is 6.13. The largest absolute Gasteiger partial charge is 0.300 e. The molecule has 0 atom stereocenters. The molecule has 0 spiro atoms. The lowest BCUT2D eigenvalue weighted by atomic mass is 10.0. The lowest BCUT2D eigenvalue weighted by molar-refractivity contribution is -0.117. The van der Waals surface area contributed by atoms with Crippen molar-refractivity contribution in [2.24, 2.45) is 0 Å². The first-order chi connectivity index (χ1) is 11.9. The van der Waals surface area contributed by atoms with Crippen LogP contribution in [0.1, 0.15) is 31.0 Å². The predicted octanol–water partition coefficient (Wildman–Crippen LogP) is 4.11. The van der Waals surface area contributed by atoms with E-state index in [2.05, 4.69) is 4.98 Å². The van der Waals surface area contributed by atoms with Crippen LogP contribution >= 0.6 is 11.3 Å². The molecular weight excluding hydrogens is 339 g/mol. The van der Waals surface area contributed by atoms with Gasteiger partial charge in [-0.25, -0.2) is 9.37 Å². The van der Waals surface area contributed by atoms with Crippen molar-refractivity contribution in [2.75, 3.05) is 0 Å². The standard InChI is InChI=1S/C19H19FN2O2S/c1-4-15-21-18-17(19(24)22(15)10-9-11(2)23)16(12(3)25-18)13-5-7-14(20)8-6-13/h5-8H,4,9-10H2,1-3H3. The fourth-order valence-electron chi connectivity index (χ4n) is 2.97. The number of aromatic nitrogens is 2. The van der Waals surface area contributed by atoms with Gasteiger partial charge in [0.25, 0.3) is 5.56 Å². The highest BCUT2D eigenvalue weighted by Crippen LogP contribution is 2.35. The number of Topliss-reactive ketones (excluding diaryl/α,β-unsaturated/α-hetero) is 1. The molecule has 3 rings (SSSR count). The van der Waals surface area contributed by atoms with E-state index >= 15 is 0 Å². The zero-order chi connectivity index (χ0) is 18.1. The quantitative estimate of drug-likeness (QED) is 0.689. The van der Waals surface area contributed by atoms with Gasteiger partial charge in [-0.05, 0) is 31.5 Å². The first kappa shape index (κ1) is 17.5. The van der Waals surface area contributed by atoms with E-state index in [4.69, 9.17) is 0 Å². The molecule has 3 aromatic rings. The highest BCUT2D eigenvalue weighted by molar-refractivity contribution is 7.19. The lowest BCUT2D eigenvalue weighted by Gasteiger charge is -2.11. The van der Waals surface area contributed by atoms with Gasteiger partial charge in [-0.3, -0.25) is 14.2 Å². The van der Waals surface area contributed by atoms with Gasteiger partial charge in [0.15, 0.2) is 0 Å². The first-order valence-electron chi connectivity index (χ1n) is 8.20. The Hall–Kier alpha value is -2.34. The van der Waals surface area contributed by atoms with Crippen LogP contribution in [-0.4, -0.2) is 15.3 Å². The first-order valence-corrected chi connectivity index (χ1v) is 9.02. The van der Waals surface area contributed by atoms with Crippen LogP contribution in [0.4, 0.5) is 4.39 Å². The molecule has 0 saturated heterocycles. The maximum absolute atomic E-state index is 13.3. The summed E-state index contributed by atoms with van der Waals surface area (Å²) >= 11 is 1.47. The lowest BCUT2D eigenvalue weighted by Crippen LogP contribution is -2.26. The molecule has 0 aliphatic heterocycles. The number of carbonyl (C=O) groups is 1. The number of hydrogen-bond donors (Lipinski definition) is 0. The molecule has 1 aromatic carbocycles. The van der Waals surface area contributed by atoms with Crippen LogP contribution < -0.4 is 5.56 Å². The summed E-state index contributed by atoms with van der Waals surface area (Å²) < 4.78 is 14.9. The summed E-state index contributed by atoms with van der Waals surface area (Å²) in [7, 11) is 0. The number of fused-ring (bicyclic) bond motifs is 1. The number of halogens is 1. The number of carbonyl (C=O) groups excluding carboxylic acids is 1. The molecule has 0 saturated carbocycles. The van der Waals surface area contributed by atoms with Gasteiger partial charge in [0.1, 0.15) is 22.3 Å². The van der Waals surface area contributed by atoms with Gasteiger partial charge < -0.3 is 0 Å². The number of aryl methyl sites for hydroxylation is 2. The maximum atomic E-state index is 13.3. The molecule has 0 amide bonds. The van der Waals surface area contributed by atoms with E-state index in [0.717, 1.165) is 16.0 Å². The number of ketones is 1. The molecule has 25 heavy (non-hydrogen) atoms. The average Bonchev–Trinajstić information content (AvgIpc) is 2.90. The Labute approximate surface area is 149 Å². The number of benzene rings is 1. The fraction of sp³-hybridized carbons (Fsp3) is 0.316. The summed E-state index contributed by atoms with van der Waals surface area (Å²) in [5, 5.41) is 0.551. The fourth-order valence-corrected chi connectivity index (χ4v) is 4.03. The minimum Gasteiger partial charge on any atom is -0.300 e. The van der Waals surface area contributed by atoms with E-state index in [1.807, 2.05) is 13.8 Å². The second-order valence-electron chi connectivity index (χ2n) is 6.01. The molecule has 130 valence electrons. The third-order valence-corrected chi connectivity index (χ3v) is 5.20. The molecule has 0 aliphatic carbocycles. The van der Waals surface area contributed by atoms with Crippen molar-refractivity contribution in [3.8, 4) is 11.1 Å². The second kappa shape index (κ2) is 6.88. The molecular formula is C19H19FN2O2S. The summed E-state index contributed by atoms with van der Waals surface area (Å²) in [6.07, 6.45) is 0.918. The van der Waals surface area contributed by atoms with Gasteiger partial charge in [0, 0.05) is 29.8 Å². The van der Waals surface area contributed by atoms with Crippen molar-refractivity contribution in [3.63, 3.8) is 0 Å². The molecule has 2 aromatic heterocycles. The number of thiophene rings is 1. The average molecular weight is 358 g/mol. The Kier molecular flexibility index (Phi) is 4.81. The molecule has 0 unspecified atom stereocenters. The van der Waals surface area contributed by atoms with Gasteiger partial charge in [-0.15, -0.1) is 11.3 Å². The highest BCUT2D eigenvalue weighted by Gasteiger charge is 2.19. The highest BCUT2D eigenvalue weighted by atomic mass is 32.1. The Morgan fingerprint density at radius 2 is 1.96 bits per heavy atom. The zero-order valence-electron chi connectivity index (χ0n) is 14.4. The van der Waals surface area contributed by atoms with E-state index in [1.165, 1.54) is 30.4 Å². The molecule has 6 heteroatoms. The van der Waals surface area contributed by atoms with E-state index < -0.39 is 0 Å². The van der Waals surface area contributed by atoms with Gasteiger partial charge in [-0.1, -0.05) is 19.1 Å². The molecule has 2 heterocycles. The molecule has 0 aliphatic rings. The third-order valence-electron chi connectivity index (χ3n) is 4.20. The van der Waals surface area contributed by atoms with Crippen LogP contribution in [0.15, 0.2) is 29.1 Å². The number of nitrogens with zero attached hydrogens (tertiary/aromatic N) is 2. The molecule has 0 radical (unpaired) electrons. The maximum Gasteiger partial charge on any atom is 0.262 e. The second-order valence-corrected chi connectivity index (χ2v) is 7.21. The molecule has 4 nitrogen and oxygen atoms in total. The Bertz CT molecular complexity index is 1000. The molecule has 0 bridgehead atoms. The van der Waals surface area contributed by atoms with Crippen molar-refractivity contribution in [2.45, 2.75) is 40.2 Å². The Morgan fingerprint density at radius 3 is 2.56 bits per heavy atom. The van der Waals surface area contributed by atoms with Crippen LogP contribution in [0, 0.1) is 12.7 Å². The monoisotopic (exact) mass is 358 g/mol. The van der Waals surface area contributed by atoms with Crippen LogP contribution in [0.3, 0.4) is 0 Å². The minimum absolute atomic E-state index is 0.0364. The Morgan fingerprint density at radius 1 is 1.28 bits per heavy atom. The SMILES string of the molecule is CCc1nc2sc(C)c(-c3ccc(F)cc3)c2c(=O)n1CCC(C)=O. The van der Waals surface area contributed by atoms with Crippen molar-refractivity contribution in [1.29, 1.82) is 0 Å². The summed E-state index contributed by atoms with van der Waals surface area (Å²) in [5.41, 5.74) is 1.47. The topological polar surface area (TPSA) is 52.0 Å². The predicted molar refractivity (Wildman–Crippen MR) is 98.7 cm³/mol. The van der Waals surface area contributed by atoms with Crippen molar-refractivity contribution in [3.05, 3.63) is 51.1 Å². The van der Waals surface area contributed by atoms with E-state index in [0.29, 0.717) is 35.4 Å². The zero-order valence-corrected chi connectivity index (χ0v) is 15.2. The van der Waals surface area contributed by atoms with Gasteiger partial charge >= 0.3 is 0 Å². The van der Waals surface area contributed by atoms with E-state index in [9.17, 15) is 14.0 Å². The van der Waals surface area contributed by atoms with Crippen molar-refractivity contribution >= 4 is 27.3 Å². The molecule has 0 N–H and O–H groups in total. The molecule has 0 fully saturated rings. The van der Waals surface area contributed by atoms with Gasteiger partial charge in [0.2, 0.25) is 0 Å². The van der Waals surface area contributed by atoms with Crippen LogP contribution in [0.25, 0.3) is 21.3 Å². The minimum atomic E-state index is -0.314. The van der Waals surface area contributed by atoms with Gasteiger partial charge in [0.05, 0.1) is 5.39 Å². The number of rotatable bonds is 5. The summed E-state index contributed by atoms with van der Waals surface area (Å²) in [4.78, 5) is 30.8. The Balaban J connectivity index is 2.27. The van der Waals surface area contributed by atoms with E-state index in [1.54, 1.807) is 16.7 Å². The third kappa shape index (κ3) is 3.26. The van der Waals surface area contributed by atoms with Crippen LogP contribution in [0.2, 0.25) is 0 Å². The van der Waals surface area contributed by atoms with Crippen LogP contribution in [-0.2, 0) is 17.8 Å². The normalized spacial score (nSPS) is 11.2. The summed E-state index contributed by atoms with van der Waals surface area (Å²) in [5.74, 6) is 0.408. The van der Waals surface area contributed by atoms with Crippen molar-refractivity contribution < 1.29 is 9.18 Å². The van der Waals surface area contributed by atoms with Gasteiger partial charge in [-0.2, -0.15) is 0 Å².